The third-order valence-corrected chi connectivity index (χ3v) is 4.53. The lowest BCUT2D eigenvalue weighted by molar-refractivity contribution is -0.141. The van der Waals surface area contributed by atoms with Crippen molar-refractivity contribution in [2.24, 2.45) is 0 Å². The zero-order chi connectivity index (χ0) is 19.9. The summed E-state index contributed by atoms with van der Waals surface area (Å²) >= 11 is 0. The molecule has 1 fully saturated rings. The van der Waals surface area contributed by atoms with Crippen molar-refractivity contribution in [2.45, 2.75) is 6.54 Å². The Morgan fingerprint density at radius 2 is 1.71 bits per heavy atom. The number of rotatable bonds is 6. The predicted molar refractivity (Wildman–Crippen MR) is 104 cm³/mol. The average molecular weight is 385 g/mol. The predicted octanol–water partition coefficient (Wildman–Crippen LogP) is -0.141. The van der Waals surface area contributed by atoms with Crippen molar-refractivity contribution in [1.82, 2.24) is 15.1 Å². The number of anilines is 2. The van der Waals surface area contributed by atoms with Gasteiger partial charge in [0.1, 0.15) is 18.9 Å². The Morgan fingerprint density at radius 3 is 2.39 bits per heavy atom. The number of benzene rings is 1. The fourth-order valence-corrected chi connectivity index (χ4v) is 2.99. The molecule has 0 radical (unpaired) electrons. The first-order valence-corrected chi connectivity index (χ1v) is 9.03. The van der Waals surface area contributed by atoms with E-state index in [2.05, 4.69) is 37.1 Å². The number of amides is 1. The van der Waals surface area contributed by atoms with E-state index in [0.29, 0.717) is 5.82 Å². The molecule has 3 rings (SSSR count). The maximum absolute atomic E-state index is 12.0. The first kappa shape index (κ1) is 19.4. The average Bonchev–Trinajstić information content (AvgIpc) is 2.74. The molecule has 0 bridgehead atoms. The number of hydrogen-bond donors (Lipinski definition) is 1. The number of nitrogens with zero attached hydrogens (tertiary/aromatic N) is 4. The Hall–Kier alpha value is -3.36. The number of piperazine rings is 1. The largest absolute Gasteiger partial charge is 0.468 e. The van der Waals surface area contributed by atoms with E-state index in [1.807, 2.05) is 18.2 Å². The molecule has 1 amide bonds. The second-order valence-electron chi connectivity index (χ2n) is 6.35. The summed E-state index contributed by atoms with van der Waals surface area (Å²) < 4.78 is 5.57. The molecule has 1 aliphatic heterocycles. The number of esters is 1. The molecule has 1 aromatic heterocycles. The fourth-order valence-electron chi connectivity index (χ4n) is 2.99. The number of carbonyl (C=O) groups is 2. The van der Waals surface area contributed by atoms with Crippen molar-refractivity contribution in [3.05, 3.63) is 52.8 Å². The molecule has 1 aromatic carbocycles. The molecule has 0 unspecified atom stereocenters. The quantitative estimate of drug-likeness (QED) is 0.691. The SMILES string of the molecule is COC(=O)CNC(=O)Cn1nc(N2CCN(c3ccccc3)CC2)ccc1=O. The molecule has 2 aromatic rings. The number of nitrogens with one attached hydrogen (secondary N) is 1. The van der Waals surface area contributed by atoms with Gasteiger partial charge in [-0.25, -0.2) is 4.68 Å². The van der Waals surface area contributed by atoms with E-state index in [1.165, 1.54) is 18.9 Å². The minimum Gasteiger partial charge on any atom is -0.468 e. The summed E-state index contributed by atoms with van der Waals surface area (Å²) in [6.07, 6.45) is 0. The third kappa shape index (κ3) is 4.87. The third-order valence-electron chi connectivity index (χ3n) is 4.53. The lowest BCUT2D eigenvalue weighted by atomic mass is 10.2. The van der Waals surface area contributed by atoms with Crippen LogP contribution in [-0.2, 0) is 20.9 Å². The number of hydrogen-bond acceptors (Lipinski definition) is 7. The van der Waals surface area contributed by atoms with Gasteiger partial charge in [0.05, 0.1) is 7.11 Å². The van der Waals surface area contributed by atoms with Crippen molar-refractivity contribution >= 4 is 23.4 Å². The molecule has 0 atom stereocenters. The molecule has 28 heavy (non-hydrogen) atoms. The van der Waals surface area contributed by atoms with Gasteiger partial charge in [-0.1, -0.05) is 18.2 Å². The van der Waals surface area contributed by atoms with Gasteiger partial charge in [-0.15, -0.1) is 0 Å². The van der Waals surface area contributed by atoms with E-state index in [-0.39, 0.29) is 18.6 Å². The minimum atomic E-state index is -0.557. The van der Waals surface area contributed by atoms with Crippen molar-refractivity contribution in [3.8, 4) is 0 Å². The standard InChI is InChI=1S/C19H23N5O4/c1-28-19(27)13-20-17(25)14-24-18(26)8-7-16(21-24)23-11-9-22(10-12-23)15-5-3-2-4-6-15/h2-8H,9-14H2,1H3,(H,20,25). The van der Waals surface area contributed by atoms with Crippen LogP contribution in [0.1, 0.15) is 0 Å². The number of ether oxygens (including phenoxy) is 1. The van der Waals surface area contributed by atoms with E-state index in [0.717, 1.165) is 30.9 Å². The van der Waals surface area contributed by atoms with E-state index in [4.69, 9.17) is 0 Å². The molecule has 9 nitrogen and oxygen atoms in total. The van der Waals surface area contributed by atoms with Gasteiger partial charge in [0.2, 0.25) is 5.91 Å². The molecular formula is C19H23N5O4. The smallest absolute Gasteiger partial charge is 0.325 e. The highest BCUT2D eigenvalue weighted by Gasteiger charge is 2.19. The molecule has 9 heteroatoms. The van der Waals surface area contributed by atoms with Gasteiger partial charge in [-0.05, 0) is 18.2 Å². The zero-order valence-corrected chi connectivity index (χ0v) is 15.7. The van der Waals surface area contributed by atoms with Crippen LogP contribution in [0.5, 0.6) is 0 Å². The lowest BCUT2D eigenvalue weighted by Crippen LogP contribution is -2.47. The number of carbonyl (C=O) groups excluding carboxylic acids is 2. The van der Waals surface area contributed by atoms with Crippen molar-refractivity contribution in [1.29, 1.82) is 0 Å². The first-order chi connectivity index (χ1) is 13.6. The van der Waals surface area contributed by atoms with Crippen LogP contribution in [0.15, 0.2) is 47.3 Å². The number of aromatic nitrogens is 2. The van der Waals surface area contributed by atoms with Crippen molar-refractivity contribution in [3.63, 3.8) is 0 Å². The van der Waals surface area contributed by atoms with Gasteiger partial charge >= 0.3 is 5.97 Å². The van der Waals surface area contributed by atoms with E-state index < -0.39 is 11.9 Å². The Balaban J connectivity index is 1.61. The van der Waals surface area contributed by atoms with Crippen LogP contribution in [0.4, 0.5) is 11.5 Å². The van der Waals surface area contributed by atoms with Crippen LogP contribution >= 0.6 is 0 Å². The number of para-hydroxylation sites is 1. The fraction of sp³-hybridized carbons (Fsp3) is 0.368. The minimum absolute atomic E-state index is 0.245. The van der Waals surface area contributed by atoms with E-state index in [9.17, 15) is 14.4 Å². The Kier molecular flexibility index (Phi) is 6.25. The molecule has 148 valence electrons. The van der Waals surface area contributed by atoms with Gasteiger partial charge in [-0.3, -0.25) is 14.4 Å². The highest BCUT2D eigenvalue weighted by Crippen LogP contribution is 2.18. The van der Waals surface area contributed by atoms with Crippen LogP contribution in [0.25, 0.3) is 0 Å². The van der Waals surface area contributed by atoms with Crippen LogP contribution in [0.3, 0.4) is 0 Å². The molecule has 1 N–H and O–H groups in total. The van der Waals surface area contributed by atoms with Crippen LogP contribution in [-0.4, -0.2) is 61.5 Å². The second kappa shape index (κ2) is 9.03. The molecular weight excluding hydrogens is 362 g/mol. The van der Waals surface area contributed by atoms with Gasteiger partial charge in [0, 0.05) is 37.9 Å². The Labute approximate surface area is 162 Å². The topological polar surface area (TPSA) is 96.8 Å². The van der Waals surface area contributed by atoms with Crippen LogP contribution in [0.2, 0.25) is 0 Å². The highest BCUT2D eigenvalue weighted by molar-refractivity contribution is 5.81. The maximum Gasteiger partial charge on any atom is 0.325 e. The first-order valence-electron chi connectivity index (χ1n) is 9.03. The van der Waals surface area contributed by atoms with E-state index >= 15 is 0 Å². The zero-order valence-electron chi connectivity index (χ0n) is 15.7. The summed E-state index contributed by atoms with van der Waals surface area (Å²) in [5.41, 5.74) is 0.808. The lowest BCUT2D eigenvalue weighted by Gasteiger charge is -2.36. The Morgan fingerprint density at radius 1 is 1.04 bits per heavy atom. The summed E-state index contributed by atoms with van der Waals surface area (Å²) in [4.78, 5) is 39.4. The summed E-state index contributed by atoms with van der Waals surface area (Å²) in [6, 6.07) is 13.3. The molecule has 2 heterocycles. The number of methoxy groups -OCH3 is 1. The van der Waals surface area contributed by atoms with Gasteiger partial charge in [0.15, 0.2) is 0 Å². The van der Waals surface area contributed by atoms with Gasteiger partial charge in [-0.2, -0.15) is 5.10 Å². The molecule has 1 aliphatic rings. The second-order valence-corrected chi connectivity index (χ2v) is 6.35. The van der Waals surface area contributed by atoms with Crippen molar-refractivity contribution in [2.75, 3.05) is 49.6 Å². The molecule has 1 saturated heterocycles. The highest BCUT2D eigenvalue weighted by atomic mass is 16.5. The maximum atomic E-state index is 12.0. The van der Waals surface area contributed by atoms with Crippen LogP contribution < -0.4 is 20.7 Å². The van der Waals surface area contributed by atoms with E-state index in [1.54, 1.807) is 6.07 Å². The Bertz CT molecular complexity index is 875. The normalized spacial score (nSPS) is 13.9. The monoisotopic (exact) mass is 385 g/mol. The van der Waals surface area contributed by atoms with Crippen LogP contribution in [0, 0.1) is 0 Å². The van der Waals surface area contributed by atoms with Gasteiger partial charge in [0.25, 0.3) is 5.56 Å². The molecule has 0 spiro atoms. The summed E-state index contributed by atoms with van der Waals surface area (Å²) in [5.74, 6) is -0.391. The van der Waals surface area contributed by atoms with Gasteiger partial charge < -0.3 is 19.9 Å². The molecule has 0 aliphatic carbocycles. The van der Waals surface area contributed by atoms with Crippen molar-refractivity contribution < 1.29 is 14.3 Å². The summed E-state index contributed by atoms with van der Waals surface area (Å²) in [5, 5.41) is 6.71. The summed E-state index contributed by atoms with van der Waals surface area (Å²) in [6.45, 7) is 2.69. The molecule has 0 saturated carbocycles. The summed E-state index contributed by atoms with van der Waals surface area (Å²) in [7, 11) is 1.24.